The molecule has 0 saturated heterocycles. The maximum absolute atomic E-state index is 12.2. The number of benzene rings is 1. The van der Waals surface area contributed by atoms with Crippen LogP contribution in [0.5, 0.6) is 5.75 Å². The third kappa shape index (κ3) is 3.40. The molecule has 23 heavy (non-hydrogen) atoms. The molecule has 2 N–H and O–H groups in total. The highest BCUT2D eigenvalue weighted by molar-refractivity contribution is 7.71. The average Bonchev–Trinajstić information content (AvgIpc) is 3.10. The molecule has 1 aromatic heterocycles. The summed E-state index contributed by atoms with van der Waals surface area (Å²) in [6.07, 6.45) is 0.642. The van der Waals surface area contributed by atoms with Crippen LogP contribution in [0.25, 0.3) is 0 Å². The second-order valence-electron chi connectivity index (χ2n) is 5.29. The lowest BCUT2D eigenvalue weighted by molar-refractivity contribution is -0.127. The van der Waals surface area contributed by atoms with Gasteiger partial charge in [0.25, 0.3) is 5.91 Å². The first kappa shape index (κ1) is 16.0. The SMILES string of the molecule is CCn1c(CCNC(=O)[C@H]2Cc3cc(Cl)ccc3O2)n[nH]c1=S. The molecule has 1 amide bonds. The number of carbonyl (C=O) groups is 1. The molecule has 2 aromatic rings. The number of fused-ring (bicyclic) bond motifs is 1. The van der Waals surface area contributed by atoms with E-state index in [1.165, 1.54) is 0 Å². The highest BCUT2D eigenvalue weighted by atomic mass is 35.5. The van der Waals surface area contributed by atoms with E-state index in [2.05, 4.69) is 15.5 Å². The van der Waals surface area contributed by atoms with Gasteiger partial charge in [0.2, 0.25) is 0 Å². The Labute approximate surface area is 143 Å². The molecule has 0 saturated carbocycles. The minimum atomic E-state index is -0.504. The lowest BCUT2D eigenvalue weighted by atomic mass is 10.1. The summed E-state index contributed by atoms with van der Waals surface area (Å²) in [4.78, 5) is 12.2. The maximum Gasteiger partial charge on any atom is 0.261 e. The van der Waals surface area contributed by atoms with E-state index in [1.54, 1.807) is 12.1 Å². The first-order valence-electron chi connectivity index (χ1n) is 7.45. The van der Waals surface area contributed by atoms with Crippen LogP contribution in [0, 0.1) is 4.77 Å². The third-order valence-corrected chi connectivity index (χ3v) is 4.34. The monoisotopic (exact) mass is 352 g/mol. The lowest BCUT2D eigenvalue weighted by Crippen LogP contribution is -2.38. The van der Waals surface area contributed by atoms with Crippen molar-refractivity contribution in [3.63, 3.8) is 0 Å². The van der Waals surface area contributed by atoms with E-state index in [0.717, 1.165) is 23.7 Å². The van der Waals surface area contributed by atoms with Gasteiger partial charge in [0, 0.05) is 31.0 Å². The van der Waals surface area contributed by atoms with Gasteiger partial charge in [0.1, 0.15) is 11.6 Å². The molecule has 0 unspecified atom stereocenters. The summed E-state index contributed by atoms with van der Waals surface area (Å²) in [6, 6.07) is 5.39. The van der Waals surface area contributed by atoms with Crippen LogP contribution in [-0.2, 0) is 24.2 Å². The molecule has 0 radical (unpaired) electrons. The maximum atomic E-state index is 12.2. The second-order valence-corrected chi connectivity index (χ2v) is 6.12. The predicted molar refractivity (Wildman–Crippen MR) is 89.4 cm³/mol. The van der Waals surface area contributed by atoms with Crippen molar-refractivity contribution in [3.8, 4) is 5.75 Å². The van der Waals surface area contributed by atoms with E-state index >= 15 is 0 Å². The fraction of sp³-hybridized carbons (Fsp3) is 0.400. The van der Waals surface area contributed by atoms with Gasteiger partial charge >= 0.3 is 0 Å². The van der Waals surface area contributed by atoms with Gasteiger partial charge in [0.15, 0.2) is 10.9 Å². The normalized spacial score (nSPS) is 16.0. The number of nitrogens with zero attached hydrogens (tertiary/aromatic N) is 2. The first-order valence-corrected chi connectivity index (χ1v) is 8.24. The zero-order valence-electron chi connectivity index (χ0n) is 12.6. The number of H-pyrrole nitrogens is 1. The smallest absolute Gasteiger partial charge is 0.261 e. The lowest BCUT2D eigenvalue weighted by Gasteiger charge is -2.11. The third-order valence-electron chi connectivity index (χ3n) is 3.79. The van der Waals surface area contributed by atoms with Gasteiger partial charge in [0.05, 0.1) is 0 Å². The molecule has 8 heteroatoms. The Kier molecular flexibility index (Phi) is 4.68. The molecule has 122 valence electrons. The van der Waals surface area contributed by atoms with Crippen LogP contribution in [0.15, 0.2) is 18.2 Å². The zero-order chi connectivity index (χ0) is 16.4. The summed E-state index contributed by atoms with van der Waals surface area (Å²) in [7, 11) is 0. The van der Waals surface area contributed by atoms with Gasteiger partial charge in [-0.1, -0.05) is 11.6 Å². The van der Waals surface area contributed by atoms with Crippen LogP contribution in [0.3, 0.4) is 0 Å². The number of hydrogen-bond donors (Lipinski definition) is 2. The number of ether oxygens (including phenoxy) is 1. The molecule has 1 aromatic carbocycles. The molecule has 6 nitrogen and oxygen atoms in total. The number of halogens is 1. The van der Waals surface area contributed by atoms with Crippen molar-refractivity contribution < 1.29 is 9.53 Å². The van der Waals surface area contributed by atoms with E-state index in [0.29, 0.717) is 29.2 Å². The van der Waals surface area contributed by atoms with Gasteiger partial charge < -0.3 is 14.6 Å². The molecule has 1 aliphatic heterocycles. The number of aromatic nitrogens is 3. The first-order chi connectivity index (χ1) is 11.1. The van der Waals surface area contributed by atoms with E-state index in [1.807, 2.05) is 17.6 Å². The van der Waals surface area contributed by atoms with Gasteiger partial charge in [-0.15, -0.1) is 0 Å². The number of amides is 1. The highest BCUT2D eigenvalue weighted by Crippen LogP contribution is 2.31. The Morgan fingerprint density at radius 1 is 1.61 bits per heavy atom. The molecule has 1 aliphatic rings. The quantitative estimate of drug-likeness (QED) is 0.810. The van der Waals surface area contributed by atoms with E-state index < -0.39 is 6.10 Å². The fourth-order valence-corrected chi connectivity index (χ4v) is 3.12. The predicted octanol–water partition coefficient (Wildman–Crippen LogP) is 2.28. The van der Waals surface area contributed by atoms with Crippen LogP contribution in [-0.4, -0.2) is 33.3 Å². The molecule has 0 fully saturated rings. The Morgan fingerprint density at radius 3 is 3.22 bits per heavy atom. The number of carbonyl (C=O) groups excluding carboxylic acids is 1. The Bertz CT molecular complexity index is 786. The standard InChI is InChI=1S/C15H17ClN4O2S/c1-2-20-13(18-19-15(20)23)5-6-17-14(21)12-8-9-7-10(16)3-4-11(9)22-12/h3-4,7,12H,2,5-6,8H2,1H3,(H,17,21)(H,19,23)/t12-/m1/s1. The molecule has 1 atom stereocenters. The van der Waals surface area contributed by atoms with Crippen molar-refractivity contribution in [2.75, 3.05) is 6.54 Å². The van der Waals surface area contributed by atoms with E-state index in [-0.39, 0.29) is 5.91 Å². The second kappa shape index (κ2) is 6.72. The van der Waals surface area contributed by atoms with Crippen molar-refractivity contribution in [2.45, 2.75) is 32.4 Å². The Hall–Kier alpha value is -1.86. The van der Waals surface area contributed by atoms with Gasteiger partial charge in [-0.3, -0.25) is 9.89 Å². The molecule has 0 aliphatic carbocycles. The minimum absolute atomic E-state index is 0.130. The van der Waals surface area contributed by atoms with Crippen molar-refractivity contribution in [1.82, 2.24) is 20.1 Å². The largest absolute Gasteiger partial charge is 0.480 e. The van der Waals surface area contributed by atoms with Gasteiger partial charge in [-0.2, -0.15) is 5.10 Å². The highest BCUT2D eigenvalue weighted by Gasteiger charge is 2.28. The van der Waals surface area contributed by atoms with Crippen LogP contribution >= 0.6 is 23.8 Å². The topological polar surface area (TPSA) is 71.9 Å². The van der Waals surface area contributed by atoms with Crippen LogP contribution in [0.1, 0.15) is 18.3 Å². The summed E-state index contributed by atoms with van der Waals surface area (Å²) in [5.41, 5.74) is 0.963. The summed E-state index contributed by atoms with van der Waals surface area (Å²) >= 11 is 11.1. The average molecular weight is 353 g/mol. The summed E-state index contributed by atoms with van der Waals surface area (Å²) < 4.78 is 8.17. The fourth-order valence-electron chi connectivity index (χ4n) is 2.64. The van der Waals surface area contributed by atoms with Crippen molar-refractivity contribution in [1.29, 1.82) is 0 Å². The van der Waals surface area contributed by atoms with Crippen LogP contribution in [0.2, 0.25) is 5.02 Å². The number of nitrogens with one attached hydrogen (secondary N) is 2. The molecular weight excluding hydrogens is 336 g/mol. The Balaban J connectivity index is 1.54. The Morgan fingerprint density at radius 2 is 2.43 bits per heavy atom. The van der Waals surface area contributed by atoms with E-state index in [4.69, 9.17) is 28.6 Å². The summed E-state index contributed by atoms with van der Waals surface area (Å²) in [6.45, 7) is 3.23. The number of aromatic amines is 1. The van der Waals surface area contributed by atoms with Gasteiger partial charge in [-0.25, -0.2) is 0 Å². The molecule has 0 bridgehead atoms. The molecule has 0 spiro atoms. The number of rotatable bonds is 5. The number of hydrogen-bond acceptors (Lipinski definition) is 4. The van der Waals surface area contributed by atoms with Gasteiger partial charge in [-0.05, 0) is 42.9 Å². The molecule has 2 heterocycles. The van der Waals surface area contributed by atoms with Crippen molar-refractivity contribution in [2.24, 2.45) is 0 Å². The van der Waals surface area contributed by atoms with Crippen molar-refractivity contribution in [3.05, 3.63) is 39.4 Å². The summed E-state index contributed by atoms with van der Waals surface area (Å²) in [5, 5.41) is 10.5. The molecular formula is C15H17ClN4O2S. The summed E-state index contributed by atoms with van der Waals surface area (Å²) in [5.74, 6) is 1.43. The van der Waals surface area contributed by atoms with Crippen LogP contribution in [0.4, 0.5) is 0 Å². The zero-order valence-corrected chi connectivity index (χ0v) is 14.2. The van der Waals surface area contributed by atoms with Crippen LogP contribution < -0.4 is 10.1 Å². The minimum Gasteiger partial charge on any atom is -0.480 e. The van der Waals surface area contributed by atoms with Crippen molar-refractivity contribution >= 4 is 29.7 Å². The van der Waals surface area contributed by atoms with E-state index in [9.17, 15) is 4.79 Å². The molecule has 3 rings (SSSR count).